The smallest absolute Gasteiger partial charge is 0.126 e. The van der Waals surface area contributed by atoms with E-state index < -0.39 is 0 Å². The van der Waals surface area contributed by atoms with Crippen molar-refractivity contribution in [3.05, 3.63) is 35.9 Å². The van der Waals surface area contributed by atoms with E-state index >= 15 is 0 Å². The average Bonchev–Trinajstić information content (AvgIpc) is 2.06. The summed E-state index contributed by atoms with van der Waals surface area (Å²) < 4.78 is 0. The number of rotatable bonds is 2. The van der Waals surface area contributed by atoms with E-state index in [1.807, 2.05) is 18.2 Å². The van der Waals surface area contributed by atoms with Crippen LogP contribution in [0.1, 0.15) is 19.4 Å². The predicted octanol–water partition coefficient (Wildman–Crippen LogP) is 1.78. The van der Waals surface area contributed by atoms with Gasteiger partial charge in [0.2, 0.25) is 0 Å². The van der Waals surface area contributed by atoms with Gasteiger partial charge in [0.15, 0.2) is 0 Å². The summed E-state index contributed by atoms with van der Waals surface area (Å²) in [6, 6.07) is 10.3. The van der Waals surface area contributed by atoms with Crippen molar-refractivity contribution in [2.45, 2.75) is 20.3 Å². The molecule has 0 bridgehead atoms. The number of carbonyl (C=O) groups excluding carboxylic acids is 1. The van der Waals surface area contributed by atoms with Crippen LogP contribution < -0.4 is 5.73 Å². The van der Waals surface area contributed by atoms with Crippen LogP contribution in [-0.2, 0) is 11.2 Å². The number of hydrogen-bond donors (Lipinski definition) is 1. The Labute approximate surface area is 79.8 Å². The summed E-state index contributed by atoms with van der Waals surface area (Å²) in [4.78, 5) is 9.44. The van der Waals surface area contributed by atoms with Gasteiger partial charge in [0.25, 0.3) is 0 Å². The van der Waals surface area contributed by atoms with E-state index in [2.05, 4.69) is 12.1 Å². The minimum Gasteiger partial charge on any atom is -0.330 e. The van der Waals surface area contributed by atoms with E-state index in [9.17, 15) is 4.79 Å². The molecule has 0 saturated carbocycles. The van der Waals surface area contributed by atoms with Crippen molar-refractivity contribution in [1.29, 1.82) is 0 Å². The molecule has 1 aromatic rings. The molecule has 0 aromatic heterocycles. The van der Waals surface area contributed by atoms with E-state index in [1.54, 1.807) is 0 Å². The summed E-state index contributed by atoms with van der Waals surface area (Å²) in [7, 11) is 0. The van der Waals surface area contributed by atoms with Crippen molar-refractivity contribution in [3.8, 4) is 0 Å². The molecule has 0 aliphatic heterocycles. The van der Waals surface area contributed by atoms with Crippen molar-refractivity contribution in [1.82, 2.24) is 0 Å². The topological polar surface area (TPSA) is 43.1 Å². The van der Waals surface area contributed by atoms with Crippen LogP contribution in [-0.4, -0.2) is 12.3 Å². The molecule has 0 heterocycles. The third-order valence-corrected chi connectivity index (χ3v) is 1.28. The molecule has 0 amide bonds. The molecular weight excluding hydrogens is 162 g/mol. The first-order valence-electron chi connectivity index (χ1n) is 4.38. The van der Waals surface area contributed by atoms with Gasteiger partial charge in [-0.1, -0.05) is 30.3 Å². The molecule has 2 heteroatoms. The molecule has 1 rings (SSSR count). The number of ketones is 1. The van der Waals surface area contributed by atoms with Crippen molar-refractivity contribution in [3.63, 3.8) is 0 Å². The summed E-state index contributed by atoms with van der Waals surface area (Å²) in [6.45, 7) is 3.80. The molecule has 0 saturated heterocycles. The number of nitrogens with two attached hydrogens (primary N) is 1. The molecule has 0 spiro atoms. The second-order valence-corrected chi connectivity index (χ2v) is 2.93. The first-order valence-corrected chi connectivity index (χ1v) is 4.38. The quantitative estimate of drug-likeness (QED) is 0.752. The second kappa shape index (κ2) is 7.50. The Balaban J connectivity index is 0.000000310. The van der Waals surface area contributed by atoms with Gasteiger partial charge in [0.05, 0.1) is 0 Å². The SMILES string of the molecule is CC(C)=O.NCCc1ccccc1. The maximum absolute atomic E-state index is 9.44. The molecule has 0 aliphatic rings. The Morgan fingerprint density at radius 3 is 2.08 bits per heavy atom. The number of carbonyl (C=O) groups is 1. The summed E-state index contributed by atoms with van der Waals surface area (Å²) in [5.74, 6) is 0.167. The lowest BCUT2D eigenvalue weighted by molar-refractivity contribution is -0.114. The van der Waals surface area contributed by atoms with Crippen molar-refractivity contribution in [2.75, 3.05) is 6.54 Å². The maximum Gasteiger partial charge on any atom is 0.126 e. The molecule has 1 aromatic carbocycles. The number of Topliss-reactive ketones (excluding diaryl/α,β-unsaturated/α-hetero) is 1. The molecule has 13 heavy (non-hydrogen) atoms. The molecule has 0 atom stereocenters. The lowest BCUT2D eigenvalue weighted by Gasteiger charge is -1.93. The normalized spacial score (nSPS) is 8.54. The lowest BCUT2D eigenvalue weighted by Crippen LogP contribution is -2.01. The minimum absolute atomic E-state index is 0.167. The van der Waals surface area contributed by atoms with Gasteiger partial charge >= 0.3 is 0 Å². The van der Waals surface area contributed by atoms with E-state index in [4.69, 9.17) is 5.73 Å². The van der Waals surface area contributed by atoms with Gasteiger partial charge in [0, 0.05) is 0 Å². The highest BCUT2D eigenvalue weighted by molar-refractivity contribution is 5.72. The Morgan fingerprint density at radius 2 is 1.69 bits per heavy atom. The molecule has 0 aliphatic carbocycles. The van der Waals surface area contributed by atoms with Crippen LogP contribution in [0.3, 0.4) is 0 Å². The fourth-order valence-corrected chi connectivity index (χ4v) is 0.811. The Morgan fingerprint density at radius 1 is 1.23 bits per heavy atom. The Hall–Kier alpha value is -1.15. The van der Waals surface area contributed by atoms with Crippen LogP contribution in [0.5, 0.6) is 0 Å². The molecule has 72 valence electrons. The Bertz CT molecular complexity index is 227. The second-order valence-electron chi connectivity index (χ2n) is 2.93. The van der Waals surface area contributed by atoms with Gasteiger partial charge in [0.1, 0.15) is 5.78 Å². The van der Waals surface area contributed by atoms with Crippen LogP contribution in [0.25, 0.3) is 0 Å². The zero-order valence-corrected chi connectivity index (χ0v) is 8.29. The molecule has 2 nitrogen and oxygen atoms in total. The fraction of sp³-hybridized carbons (Fsp3) is 0.364. The highest BCUT2D eigenvalue weighted by atomic mass is 16.1. The monoisotopic (exact) mass is 179 g/mol. The van der Waals surface area contributed by atoms with E-state index in [-0.39, 0.29) is 5.78 Å². The summed E-state index contributed by atoms with van der Waals surface area (Å²) in [6.07, 6.45) is 0.987. The van der Waals surface area contributed by atoms with Crippen LogP contribution in [0.15, 0.2) is 30.3 Å². The standard InChI is InChI=1S/C8H11N.C3H6O/c9-7-6-8-4-2-1-3-5-8;1-3(2)4/h1-5H,6-7,9H2;1-2H3. The summed E-state index contributed by atoms with van der Waals surface area (Å²) in [5.41, 5.74) is 6.68. The van der Waals surface area contributed by atoms with E-state index in [0.29, 0.717) is 0 Å². The highest BCUT2D eigenvalue weighted by Crippen LogP contribution is 1.96. The van der Waals surface area contributed by atoms with Crippen molar-refractivity contribution in [2.24, 2.45) is 5.73 Å². The van der Waals surface area contributed by atoms with Gasteiger partial charge in [-0.3, -0.25) is 0 Å². The van der Waals surface area contributed by atoms with Crippen LogP contribution >= 0.6 is 0 Å². The van der Waals surface area contributed by atoms with Crippen LogP contribution in [0.2, 0.25) is 0 Å². The minimum atomic E-state index is 0.167. The van der Waals surface area contributed by atoms with Crippen molar-refractivity contribution >= 4 is 5.78 Å². The third-order valence-electron chi connectivity index (χ3n) is 1.28. The van der Waals surface area contributed by atoms with Gasteiger partial charge in [-0.05, 0) is 32.4 Å². The lowest BCUT2D eigenvalue weighted by atomic mass is 10.2. The average molecular weight is 179 g/mol. The van der Waals surface area contributed by atoms with Crippen LogP contribution in [0.4, 0.5) is 0 Å². The maximum atomic E-state index is 9.44. The molecular formula is C11H17NO. The van der Waals surface area contributed by atoms with Gasteiger partial charge in [-0.2, -0.15) is 0 Å². The fourth-order valence-electron chi connectivity index (χ4n) is 0.811. The van der Waals surface area contributed by atoms with Gasteiger partial charge < -0.3 is 10.5 Å². The molecule has 2 N–H and O–H groups in total. The summed E-state index contributed by atoms with van der Waals surface area (Å²) >= 11 is 0. The first kappa shape index (κ1) is 11.8. The van der Waals surface area contributed by atoms with Crippen molar-refractivity contribution < 1.29 is 4.79 Å². The largest absolute Gasteiger partial charge is 0.330 e. The number of benzene rings is 1. The van der Waals surface area contributed by atoms with Gasteiger partial charge in [-0.15, -0.1) is 0 Å². The van der Waals surface area contributed by atoms with Crippen LogP contribution in [0, 0.1) is 0 Å². The number of hydrogen-bond acceptors (Lipinski definition) is 2. The molecule has 0 unspecified atom stereocenters. The first-order chi connectivity index (χ1) is 6.16. The Kier molecular flexibility index (Phi) is 6.83. The zero-order valence-electron chi connectivity index (χ0n) is 8.29. The van der Waals surface area contributed by atoms with E-state index in [1.165, 1.54) is 19.4 Å². The highest BCUT2D eigenvalue weighted by Gasteiger charge is 1.84. The third kappa shape index (κ3) is 8.76. The summed E-state index contributed by atoms with van der Waals surface area (Å²) in [5, 5.41) is 0. The molecule has 0 fully saturated rings. The zero-order chi connectivity index (χ0) is 10.1. The predicted molar refractivity (Wildman–Crippen MR) is 55.6 cm³/mol. The van der Waals surface area contributed by atoms with Gasteiger partial charge in [-0.25, -0.2) is 0 Å². The van der Waals surface area contributed by atoms with E-state index in [0.717, 1.165) is 13.0 Å². The molecule has 0 radical (unpaired) electrons.